The van der Waals surface area contributed by atoms with Gasteiger partial charge in [-0.05, 0) is 11.8 Å². The molecule has 0 aliphatic heterocycles. The molecule has 0 fully saturated rings. The van der Waals surface area contributed by atoms with Crippen LogP contribution >= 0.6 is 11.3 Å². The summed E-state index contributed by atoms with van der Waals surface area (Å²) in [5.41, 5.74) is 0. The van der Waals surface area contributed by atoms with Crippen LogP contribution in [0.2, 0.25) is 0 Å². The summed E-state index contributed by atoms with van der Waals surface area (Å²) in [6.45, 7) is 3.23. The zero-order valence-corrected chi connectivity index (χ0v) is 9.85. The molecule has 0 aliphatic carbocycles. The van der Waals surface area contributed by atoms with E-state index in [4.69, 9.17) is 0 Å². The molecule has 2 heterocycles. The van der Waals surface area contributed by atoms with Gasteiger partial charge in [-0.25, -0.2) is 4.98 Å². The van der Waals surface area contributed by atoms with Crippen molar-refractivity contribution in [3.63, 3.8) is 0 Å². The second kappa shape index (κ2) is 4.87. The first-order chi connectivity index (χ1) is 8.19. The molecule has 0 bridgehead atoms. The average Bonchev–Trinajstić information content (AvgIpc) is 2.89. The van der Waals surface area contributed by atoms with Crippen LogP contribution in [0.3, 0.4) is 0 Å². The number of hydrogen-bond donors (Lipinski definition) is 1. The minimum absolute atomic E-state index is 0.388. The lowest BCUT2D eigenvalue weighted by Gasteiger charge is -1.93. The Hall–Kier alpha value is -2.03. The van der Waals surface area contributed by atoms with E-state index in [2.05, 4.69) is 20.4 Å². The predicted molar refractivity (Wildman–Crippen MR) is 62.1 cm³/mol. The molecule has 0 spiro atoms. The van der Waals surface area contributed by atoms with E-state index in [1.165, 1.54) is 22.3 Å². The molecule has 0 saturated carbocycles. The Morgan fingerprint density at radius 2 is 2.41 bits per heavy atom. The van der Waals surface area contributed by atoms with Crippen LogP contribution in [0.1, 0.15) is 11.8 Å². The highest BCUT2D eigenvalue weighted by Crippen LogP contribution is 2.18. The molecule has 0 aliphatic rings. The maximum absolute atomic E-state index is 10.4. The zero-order chi connectivity index (χ0) is 12.3. The fraction of sp³-hybridized carbons (Fsp3) is 0.375. The van der Waals surface area contributed by atoms with Crippen molar-refractivity contribution < 1.29 is 4.92 Å². The lowest BCUT2D eigenvalue weighted by Crippen LogP contribution is -1.99. The summed E-state index contributed by atoms with van der Waals surface area (Å²) in [5.74, 6) is -0.388. The maximum Gasteiger partial charge on any atom is 0.490 e. The van der Waals surface area contributed by atoms with Crippen molar-refractivity contribution in [2.45, 2.75) is 13.5 Å². The number of nitrogens with zero attached hydrogens (tertiary/aromatic N) is 5. The number of thiazole rings is 1. The Morgan fingerprint density at radius 1 is 1.59 bits per heavy atom. The molecule has 0 aromatic carbocycles. The summed E-state index contributed by atoms with van der Waals surface area (Å²) >= 11 is 1.49. The Bertz CT molecular complexity index is 522. The van der Waals surface area contributed by atoms with Gasteiger partial charge in [-0.1, -0.05) is 4.98 Å². The van der Waals surface area contributed by atoms with Crippen molar-refractivity contribution in [3.05, 3.63) is 27.5 Å². The van der Waals surface area contributed by atoms with E-state index in [9.17, 15) is 10.1 Å². The van der Waals surface area contributed by atoms with Gasteiger partial charge in [-0.3, -0.25) is 0 Å². The van der Waals surface area contributed by atoms with Crippen LogP contribution in [0, 0.1) is 10.1 Å². The number of nitrogens with one attached hydrogen (secondary N) is 1. The van der Waals surface area contributed by atoms with Gasteiger partial charge in [0, 0.05) is 22.7 Å². The first-order valence-corrected chi connectivity index (χ1v) is 5.73. The van der Waals surface area contributed by atoms with E-state index < -0.39 is 4.92 Å². The molecule has 0 atom stereocenters. The molecule has 1 N–H and O–H groups in total. The molecule has 8 nitrogen and oxygen atoms in total. The second-order valence-electron chi connectivity index (χ2n) is 3.16. The van der Waals surface area contributed by atoms with Gasteiger partial charge in [0.25, 0.3) is 0 Å². The van der Waals surface area contributed by atoms with Crippen LogP contribution < -0.4 is 5.32 Å². The molecular weight excluding hydrogens is 244 g/mol. The highest BCUT2D eigenvalue weighted by Gasteiger charge is 2.13. The molecule has 9 heteroatoms. The fourth-order valence-corrected chi connectivity index (χ4v) is 2.09. The van der Waals surface area contributed by atoms with E-state index >= 15 is 0 Å². The molecule has 2 aromatic rings. The summed E-state index contributed by atoms with van der Waals surface area (Å²) in [6, 6.07) is 0. The van der Waals surface area contributed by atoms with Gasteiger partial charge in [0.1, 0.15) is 0 Å². The third-order valence-electron chi connectivity index (χ3n) is 1.89. The second-order valence-corrected chi connectivity index (χ2v) is 4.28. The van der Waals surface area contributed by atoms with Crippen LogP contribution in [-0.4, -0.2) is 31.2 Å². The van der Waals surface area contributed by atoms with E-state index in [1.807, 2.05) is 6.92 Å². The van der Waals surface area contributed by atoms with Crippen molar-refractivity contribution in [1.82, 2.24) is 19.7 Å². The van der Waals surface area contributed by atoms with Gasteiger partial charge >= 0.3 is 5.95 Å². The lowest BCUT2D eigenvalue weighted by molar-refractivity contribution is -0.394. The van der Waals surface area contributed by atoms with Gasteiger partial charge < -0.3 is 15.4 Å². The SMILES string of the molecule is CCNc1ncc(Cn2cnc([N+](=O)[O-])n2)s1. The van der Waals surface area contributed by atoms with Crippen molar-refractivity contribution in [2.24, 2.45) is 0 Å². The summed E-state index contributed by atoms with van der Waals surface area (Å²) in [4.78, 5) is 18.5. The Labute approximate surface area is 100 Å². The van der Waals surface area contributed by atoms with Crippen LogP contribution in [0.5, 0.6) is 0 Å². The number of rotatable bonds is 5. The van der Waals surface area contributed by atoms with Gasteiger partial charge in [0.15, 0.2) is 5.13 Å². The number of anilines is 1. The molecule has 2 aromatic heterocycles. The predicted octanol–water partition coefficient (Wildman–Crippen LogP) is 1.12. The smallest absolute Gasteiger partial charge is 0.390 e. The molecule has 0 saturated heterocycles. The molecule has 2 rings (SSSR count). The summed E-state index contributed by atoms with van der Waals surface area (Å²) in [5, 5.41) is 18.1. The first kappa shape index (κ1) is 11.5. The Kier molecular flexibility index (Phi) is 3.28. The van der Waals surface area contributed by atoms with Crippen molar-refractivity contribution in [2.75, 3.05) is 11.9 Å². The number of aromatic nitrogens is 4. The van der Waals surface area contributed by atoms with E-state index in [0.717, 1.165) is 16.6 Å². The molecule has 0 unspecified atom stereocenters. The third kappa shape index (κ3) is 2.75. The highest BCUT2D eigenvalue weighted by molar-refractivity contribution is 7.15. The van der Waals surface area contributed by atoms with Gasteiger partial charge in [-0.15, -0.1) is 11.3 Å². The molecular formula is C8H10N6O2S. The monoisotopic (exact) mass is 254 g/mol. The van der Waals surface area contributed by atoms with Crippen LogP contribution in [0.25, 0.3) is 0 Å². The largest absolute Gasteiger partial charge is 0.490 e. The third-order valence-corrected chi connectivity index (χ3v) is 2.83. The normalized spacial score (nSPS) is 10.4. The highest BCUT2D eigenvalue weighted by atomic mass is 32.1. The van der Waals surface area contributed by atoms with Crippen molar-refractivity contribution >= 4 is 22.4 Å². The van der Waals surface area contributed by atoms with Crippen LogP contribution in [0.15, 0.2) is 12.5 Å². The molecule has 0 amide bonds. The minimum atomic E-state index is -0.618. The van der Waals surface area contributed by atoms with Gasteiger partial charge in [0.2, 0.25) is 6.33 Å². The number of hydrogen-bond acceptors (Lipinski definition) is 7. The first-order valence-electron chi connectivity index (χ1n) is 4.91. The van der Waals surface area contributed by atoms with E-state index in [-0.39, 0.29) is 5.95 Å². The number of nitro groups is 1. The molecule has 0 radical (unpaired) electrons. The zero-order valence-electron chi connectivity index (χ0n) is 9.03. The summed E-state index contributed by atoms with van der Waals surface area (Å²) in [6.07, 6.45) is 3.06. The summed E-state index contributed by atoms with van der Waals surface area (Å²) in [7, 11) is 0. The lowest BCUT2D eigenvalue weighted by atomic mass is 10.5. The fourth-order valence-electron chi connectivity index (χ4n) is 1.22. The molecule has 17 heavy (non-hydrogen) atoms. The molecule has 90 valence electrons. The maximum atomic E-state index is 10.4. The van der Waals surface area contributed by atoms with Gasteiger partial charge in [0.05, 0.1) is 6.54 Å². The Balaban J connectivity index is 2.05. The van der Waals surface area contributed by atoms with Crippen LogP contribution in [-0.2, 0) is 6.54 Å². The standard InChI is InChI=1S/C8H10N6O2S/c1-2-9-8-10-3-6(17-8)4-13-5-11-7(12-13)14(15)16/h3,5H,2,4H2,1H3,(H,9,10). The van der Waals surface area contributed by atoms with Crippen molar-refractivity contribution in [1.29, 1.82) is 0 Å². The topological polar surface area (TPSA) is 98.8 Å². The average molecular weight is 254 g/mol. The summed E-state index contributed by atoms with van der Waals surface area (Å²) < 4.78 is 1.42. The minimum Gasteiger partial charge on any atom is -0.390 e. The van der Waals surface area contributed by atoms with Gasteiger partial charge in [-0.2, -0.15) is 4.68 Å². The van der Waals surface area contributed by atoms with Crippen LogP contribution in [0.4, 0.5) is 11.1 Å². The Morgan fingerprint density at radius 3 is 3.06 bits per heavy atom. The van der Waals surface area contributed by atoms with Crippen molar-refractivity contribution in [3.8, 4) is 0 Å². The van der Waals surface area contributed by atoms with E-state index in [1.54, 1.807) is 6.20 Å². The quantitative estimate of drug-likeness (QED) is 0.634. The van der Waals surface area contributed by atoms with E-state index in [0.29, 0.717) is 6.54 Å².